The molecule has 1 aliphatic heterocycles. The minimum Gasteiger partial charge on any atom is -0.496 e. The molecule has 1 aliphatic rings. The number of piperazine rings is 1. The first-order valence-corrected chi connectivity index (χ1v) is 8.91. The van der Waals surface area contributed by atoms with Crippen LogP contribution in [0.5, 0.6) is 5.75 Å². The molecule has 144 valence electrons. The quantitative estimate of drug-likeness (QED) is 0.645. The van der Waals surface area contributed by atoms with Crippen molar-refractivity contribution in [1.82, 2.24) is 20.3 Å². The van der Waals surface area contributed by atoms with E-state index in [9.17, 15) is 4.79 Å². The summed E-state index contributed by atoms with van der Waals surface area (Å²) in [6, 6.07) is 6.97. The van der Waals surface area contributed by atoms with Gasteiger partial charge in [-0.15, -0.1) is 0 Å². The van der Waals surface area contributed by atoms with Gasteiger partial charge in [0.05, 0.1) is 12.7 Å². The van der Waals surface area contributed by atoms with Crippen molar-refractivity contribution < 1.29 is 9.53 Å². The molecule has 2 aromatic rings. The number of carbonyl (C=O) groups excluding carboxylic acids is 1. The van der Waals surface area contributed by atoms with Gasteiger partial charge in [0, 0.05) is 26.2 Å². The minimum absolute atomic E-state index is 0.344. The third kappa shape index (κ3) is 4.20. The normalized spacial score (nSPS) is 14.7. The summed E-state index contributed by atoms with van der Waals surface area (Å²) >= 11 is 0. The number of amides is 1. The average molecular weight is 371 g/mol. The van der Waals surface area contributed by atoms with E-state index < -0.39 is 0 Å². The number of hydrogen-bond donors (Lipinski definition) is 3. The fraction of sp³-hybridized carbons (Fsp3) is 0.389. The number of nitrogen functional groups attached to an aromatic ring is 1. The van der Waals surface area contributed by atoms with Crippen LogP contribution in [0.1, 0.15) is 17.3 Å². The van der Waals surface area contributed by atoms with E-state index >= 15 is 0 Å². The van der Waals surface area contributed by atoms with Crippen LogP contribution in [0.3, 0.4) is 0 Å². The van der Waals surface area contributed by atoms with Crippen molar-refractivity contribution in [1.29, 1.82) is 0 Å². The second-order valence-electron chi connectivity index (χ2n) is 6.16. The van der Waals surface area contributed by atoms with Crippen molar-refractivity contribution in [2.75, 3.05) is 55.9 Å². The van der Waals surface area contributed by atoms with E-state index in [0.717, 1.165) is 32.7 Å². The number of nitrogens with one attached hydrogen (secondary N) is 2. The Hall–Kier alpha value is -3.07. The van der Waals surface area contributed by atoms with Gasteiger partial charge < -0.3 is 20.3 Å². The van der Waals surface area contributed by atoms with E-state index in [2.05, 4.69) is 37.5 Å². The number of benzene rings is 1. The maximum Gasteiger partial charge on any atom is 0.273 e. The van der Waals surface area contributed by atoms with Crippen molar-refractivity contribution in [3.05, 3.63) is 36.2 Å². The Morgan fingerprint density at radius 3 is 2.67 bits per heavy atom. The van der Waals surface area contributed by atoms with Crippen LogP contribution < -0.4 is 26.2 Å². The molecule has 1 aromatic carbocycles. The number of aromatic nitrogens is 2. The number of ether oxygens (including phenoxy) is 1. The van der Waals surface area contributed by atoms with Crippen LogP contribution in [0, 0.1) is 0 Å². The van der Waals surface area contributed by atoms with Gasteiger partial charge in [0.1, 0.15) is 17.8 Å². The van der Waals surface area contributed by atoms with Crippen molar-refractivity contribution in [3.63, 3.8) is 0 Å². The molecule has 27 heavy (non-hydrogen) atoms. The fourth-order valence-corrected chi connectivity index (χ4v) is 3.03. The maximum atomic E-state index is 12.4. The lowest BCUT2D eigenvalue weighted by atomic mass is 10.2. The maximum absolute atomic E-state index is 12.4. The Morgan fingerprint density at radius 2 is 1.96 bits per heavy atom. The molecule has 9 heteroatoms. The first-order chi connectivity index (χ1) is 13.1. The number of hydrogen-bond acceptors (Lipinski definition) is 8. The second kappa shape index (κ2) is 8.54. The zero-order valence-corrected chi connectivity index (χ0v) is 15.6. The molecule has 0 aliphatic carbocycles. The molecule has 4 N–H and O–H groups in total. The lowest BCUT2D eigenvalue weighted by molar-refractivity contribution is 0.0959. The number of carbonyl (C=O) groups is 1. The molecule has 2 heterocycles. The van der Waals surface area contributed by atoms with Gasteiger partial charge in [0.2, 0.25) is 0 Å². The second-order valence-corrected chi connectivity index (χ2v) is 6.16. The van der Waals surface area contributed by atoms with E-state index in [0.29, 0.717) is 28.6 Å². The van der Waals surface area contributed by atoms with Crippen molar-refractivity contribution >= 4 is 23.2 Å². The van der Waals surface area contributed by atoms with Crippen molar-refractivity contribution in [3.8, 4) is 5.75 Å². The monoisotopic (exact) mass is 371 g/mol. The van der Waals surface area contributed by atoms with Gasteiger partial charge in [0.15, 0.2) is 11.6 Å². The van der Waals surface area contributed by atoms with Gasteiger partial charge in [0.25, 0.3) is 5.91 Å². The van der Waals surface area contributed by atoms with Crippen LogP contribution in [-0.2, 0) is 0 Å². The van der Waals surface area contributed by atoms with Crippen LogP contribution >= 0.6 is 0 Å². The highest BCUT2D eigenvalue weighted by molar-refractivity contribution is 5.97. The van der Waals surface area contributed by atoms with Gasteiger partial charge in [-0.25, -0.2) is 9.97 Å². The summed E-state index contributed by atoms with van der Waals surface area (Å²) in [4.78, 5) is 25.4. The third-order valence-electron chi connectivity index (χ3n) is 4.63. The first-order valence-electron chi connectivity index (χ1n) is 8.91. The number of nitrogens with zero attached hydrogens (tertiary/aromatic N) is 4. The Kier molecular flexibility index (Phi) is 5.92. The predicted molar refractivity (Wildman–Crippen MR) is 105 cm³/mol. The predicted octanol–water partition coefficient (Wildman–Crippen LogP) is 0.966. The zero-order chi connectivity index (χ0) is 19.2. The standard InChI is InChI=1S/C18H25N7O2/c1-3-24-8-10-25(11-9-24)17-15(19)16(20-12-21-17)22-23-18(26)13-6-4-5-7-14(13)27-2/h4-7,12H,3,8-11,19H2,1-2H3,(H,23,26)(H,20,21,22). The van der Waals surface area contributed by atoms with Crippen LogP contribution in [0.25, 0.3) is 0 Å². The number of hydrazine groups is 1. The SMILES string of the molecule is CCN1CCN(c2ncnc(NNC(=O)c3ccccc3OC)c2N)CC1. The van der Waals surface area contributed by atoms with Gasteiger partial charge >= 0.3 is 0 Å². The molecular formula is C18H25N7O2. The number of para-hydroxylation sites is 1. The topological polar surface area (TPSA) is 109 Å². The number of rotatable bonds is 6. The summed E-state index contributed by atoms with van der Waals surface area (Å²) < 4.78 is 5.21. The highest BCUT2D eigenvalue weighted by atomic mass is 16.5. The molecule has 0 radical (unpaired) electrons. The molecule has 3 rings (SSSR count). The number of nitrogens with two attached hydrogens (primary N) is 1. The van der Waals surface area contributed by atoms with E-state index in [4.69, 9.17) is 10.5 Å². The van der Waals surface area contributed by atoms with Gasteiger partial charge in [-0.1, -0.05) is 19.1 Å². The molecule has 0 atom stereocenters. The van der Waals surface area contributed by atoms with Gasteiger partial charge in [-0.05, 0) is 18.7 Å². The Morgan fingerprint density at radius 1 is 1.22 bits per heavy atom. The highest BCUT2D eigenvalue weighted by Crippen LogP contribution is 2.26. The molecule has 1 aromatic heterocycles. The van der Waals surface area contributed by atoms with Crippen LogP contribution in [0.2, 0.25) is 0 Å². The Balaban J connectivity index is 1.68. The summed E-state index contributed by atoms with van der Waals surface area (Å²) in [6.07, 6.45) is 1.44. The molecule has 9 nitrogen and oxygen atoms in total. The molecular weight excluding hydrogens is 346 g/mol. The summed E-state index contributed by atoms with van der Waals surface area (Å²) in [5.41, 5.74) is 12.5. The third-order valence-corrected chi connectivity index (χ3v) is 4.63. The van der Waals surface area contributed by atoms with Crippen molar-refractivity contribution in [2.45, 2.75) is 6.92 Å². The Bertz CT molecular complexity index is 791. The van der Waals surface area contributed by atoms with E-state index in [-0.39, 0.29) is 5.91 Å². The fourth-order valence-electron chi connectivity index (χ4n) is 3.03. The van der Waals surface area contributed by atoms with Crippen LogP contribution in [-0.4, -0.2) is 60.6 Å². The molecule has 1 fully saturated rings. The summed E-state index contributed by atoms with van der Waals surface area (Å²) in [5.74, 6) is 1.18. The number of anilines is 3. The first kappa shape index (κ1) is 18.7. The summed E-state index contributed by atoms with van der Waals surface area (Å²) in [7, 11) is 1.52. The lowest BCUT2D eigenvalue weighted by Gasteiger charge is -2.35. The van der Waals surface area contributed by atoms with Crippen LogP contribution in [0.4, 0.5) is 17.3 Å². The van der Waals surface area contributed by atoms with Crippen LogP contribution in [0.15, 0.2) is 30.6 Å². The van der Waals surface area contributed by atoms with E-state index in [1.165, 1.54) is 13.4 Å². The molecule has 0 unspecified atom stereocenters. The largest absolute Gasteiger partial charge is 0.496 e. The molecule has 1 saturated heterocycles. The molecule has 0 saturated carbocycles. The van der Waals surface area contributed by atoms with Crippen molar-refractivity contribution in [2.24, 2.45) is 0 Å². The molecule has 0 bridgehead atoms. The average Bonchev–Trinajstić information content (AvgIpc) is 2.73. The molecule has 1 amide bonds. The smallest absolute Gasteiger partial charge is 0.273 e. The summed E-state index contributed by atoms with van der Waals surface area (Å²) in [5, 5.41) is 0. The van der Waals surface area contributed by atoms with Gasteiger partial charge in [-0.2, -0.15) is 0 Å². The summed E-state index contributed by atoms with van der Waals surface area (Å²) in [6.45, 7) is 6.82. The molecule has 0 spiro atoms. The van der Waals surface area contributed by atoms with E-state index in [1.807, 2.05) is 0 Å². The number of likely N-dealkylation sites (N-methyl/N-ethyl adjacent to an activating group) is 1. The minimum atomic E-state index is -0.344. The zero-order valence-electron chi connectivity index (χ0n) is 15.6. The lowest BCUT2D eigenvalue weighted by Crippen LogP contribution is -2.46. The number of methoxy groups -OCH3 is 1. The van der Waals surface area contributed by atoms with Gasteiger partial charge in [-0.3, -0.25) is 15.6 Å². The highest BCUT2D eigenvalue weighted by Gasteiger charge is 2.21. The Labute approximate surface area is 158 Å². The van der Waals surface area contributed by atoms with E-state index in [1.54, 1.807) is 24.3 Å².